The minimum absolute atomic E-state index is 0.0187. The number of carbonyl (C=O) groups is 2. The number of hydrogen-bond donors (Lipinski definition) is 2. The smallest absolute Gasteiger partial charge is 0.255 e. The van der Waals surface area contributed by atoms with E-state index in [1.807, 2.05) is 68.4 Å². The summed E-state index contributed by atoms with van der Waals surface area (Å²) in [6.45, 7) is 3.77. The Morgan fingerprint density at radius 3 is 2.58 bits per heavy atom. The molecule has 0 bridgehead atoms. The van der Waals surface area contributed by atoms with E-state index in [4.69, 9.17) is 4.42 Å². The van der Waals surface area contributed by atoms with Crippen molar-refractivity contribution in [1.82, 2.24) is 10.3 Å². The predicted molar refractivity (Wildman–Crippen MR) is 125 cm³/mol. The van der Waals surface area contributed by atoms with Crippen molar-refractivity contribution in [3.05, 3.63) is 106 Å². The summed E-state index contributed by atoms with van der Waals surface area (Å²) in [6.07, 6.45) is 2.64. The summed E-state index contributed by atoms with van der Waals surface area (Å²) in [4.78, 5) is 31.4. The maximum absolute atomic E-state index is 13.5. The lowest BCUT2D eigenvalue weighted by atomic mass is 9.72. The molecule has 2 aliphatic rings. The highest BCUT2D eigenvalue weighted by molar-refractivity contribution is 6.09. The Bertz CT molecular complexity index is 1270. The standard InChI is InChI=1S/C27H25N3O3/c1-16-8-6-12-23(28-16)30-27(32)24-17(2)29-20-14-19(22-11-7-13-33-22)15-21(31)26(20)25(24)18-9-4-3-5-10-18/h3-13,19,25,29H,14-15H2,1-2H3,(H,28,30,32)/t19-,25-/m0/s1. The zero-order valence-corrected chi connectivity index (χ0v) is 18.6. The van der Waals surface area contributed by atoms with E-state index in [1.165, 1.54) is 0 Å². The molecule has 0 saturated carbocycles. The number of aromatic nitrogens is 1. The average Bonchev–Trinajstić information content (AvgIpc) is 3.33. The van der Waals surface area contributed by atoms with Crippen LogP contribution >= 0.6 is 0 Å². The van der Waals surface area contributed by atoms with Crippen LogP contribution in [0.1, 0.15) is 48.6 Å². The summed E-state index contributed by atoms with van der Waals surface area (Å²) in [5, 5.41) is 6.31. The molecule has 0 spiro atoms. The Kier molecular flexibility index (Phi) is 5.42. The van der Waals surface area contributed by atoms with Crippen molar-refractivity contribution < 1.29 is 14.0 Å². The van der Waals surface area contributed by atoms with E-state index < -0.39 is 5.92 Å². The lowest BCUT2D eigenvalue weighted by Gasteiger charge is -2.36. The van der Waals surface area contributed by atoms with Crippen molar-refractivity contribution in [3.8, 4) is 0 Å². The fraction of sp³-hybridized carbons (Fsp3) is 0.222. The van der Waals surface area contributed by atoms with Crippen molar-refractivity contribution in [1.29, 1.82) is 0 Å². The van der Waals surface area contributed by atoms with Gasteiger partial charge in [0.2, 0.25) is 0 Å². The van der Waals surface area contributed by atoms with Crippen LogP contribution in [0.25, 0.3) is 0 Å². The van der Waals surface area contributed by atoms with Gasteiger partial charge in [-0.15, -0.1) is 0 Å². The quantitative estimate of drug-likeness (QED) is 0.599. The van der Waals surface area contributed by atoms with Gasteiger partial charge in [0.15, 0.2) is 5.78 Å². The first kappa shape index (κ1) is 20.9. The molecule has 6 heteroatoms. The number of aryl methyl sites for hydroxylation is 1. The molecule has 5 rings (SSSR count). The summed E-state index contributed by atoms with van der Waals surface area (Å²) in [7, 11) is 0. The largest absolute Gasteiger partial charge is 0.469 e. The summed E-state index contributed by atoms with van der Waals surface area (Å²) in [5.74, 6) is 0.598. The van der Waals surface area contributed by atoms with Crippen LogP contribution in [0.5, 0.6) is 0 Å². The molecule has 1 amide bonds. The lowest BCUT2D eigenvalue weighted by molar-refractivity contribution is -0.116. The summed E-state index contributed by atoms with van der Waals surface area (Å²) in [6, 6.07) is 19.0. The third-order valence-corrected chi connectivity index (χ3v) is 6.28. The van der Waals surface area contributed by atoms with Gasteiger partial charge in [-0.25, -0.2) is 4.98 Å². The van der Waals surface area contributed by atoms with Crippen molar-refractivity contribution in [2.24, 2.45) is 0 Å². The Labute approximate surface area is 192 Å². The van der Waals surface area contributed by atoms with Gasteiger partial charge in [-0.1, -0.05) is 36.4 Å². The van der Waals surface area contributed by atoms with Crippen molar-refractivity contribution in [2.45, 2.75) is 38.5 Å². The first-order valence-electron chi connectivity index (χ1n) is 11.1. The van der Waals surface area contributed by atoms with Gasteiger partial charge in [0.05, 0.1) is 6.26 Å². The Hall–Kier alpha value is -3.93. The minimum atomic E-state index is -0.447. The van der Waals surface area contributed by atoms with Crippen molar-refractivity contribution in [3.63, 3.8) is 0 Å². The lowest BCUT2D eigenvalue weighted by Crippen LogP contribution is -2.37. The number of nitrogens with one attached hydrogen (secondary N) is 2. The summed E-state index contributed by atoms with van der Waals surface area (Å²) >= 11 is 0. The van der Waals surface area contributed by atoms with E-state index in [2.05, 4.69) is 15.6 Å². The molecule has 166 valence electrons. The number of anilines is 1. The van der Waals surface area contributed by atoms with Crippen LogP contribution in [0.3, 0.4) is 0 Å². The van der Waals surface area contributed by atoms with Gasteiger partial charge in [-0.3, -0.25) is 9.59 Å². The number of ketones is 1. The Morgan fingerprint density at radius 2 is 1.85 bits per heavy atom. The molecule has 33 heavy (non-hydrogen) atoms. The maximum atomic E-state index is 13.5. The van der Waals surface area contributed by atoms with Gasteiger partial charge in [-0.2, -0.15) is 0 Å². The number of furan rings is 1. The molecule has 6 nitrogen and oxygen atoms in total. The molecule has 0 saturated heterocycles. The van der Waals surface area contributed by atoms with Gasteiger partial charge in [0, 0.05) is 46.5 Å². The van der Waals surface area contributed by atoms with E-state index in [-0.39, 0.29) is 17.6 Å². The third kappa shape index (κ3) is 4.00. The van der Waals surface area contributed by atoms with E-state index in [0.29, 0.717) is 29.8 Å². The molecule has 0 unspecified atom stereocenters. The first-order valence-corrected chi connectivity index (χ1v) is 11.1. The highest BCUT2D eigenvalue weighted by atomic mass is 16.3. The van der Waals surface area contributed by atoms with Crippen LogP contribution < -0.4 is 10.6 Å². The average molecular weight is 440 g/mol. The molecule has 1 aliphatic carbocycles. The zero-order valence-electron chi connectivity index (χ0n) is 18.6. The fourth-order valence-electron chi connectivity index (χ4n) is 4.84. The monoisotopic (exact) mass is 439 g/mol. The van der Waals surface area contributed by atoms with Crippen molar-refractivity contribution >= 4 is 17.5 Å². The second-order valence-electron chi connectivity index (χ2n) is 8.56. The van der Waals surface area contributed by atoms with Gasteiger partial charge < -0.3 is 15.1 Å². The number of benzene rings is 1. The molecule has 2 atom stereocenters. The molecule has 2 aromatic heterocycles. The molecule has 1 aliphatic heterocycles. The molecule has 0 fully saturated rings. The zero-order chi connectivity index (χ0) is 22.9. The summed E-state index contributed by atoms with van der Waals surface area (Å²) in [5.41, 5.74) is 4.53. The number of allylic oxidation sites excluding steroid dienone is 3. The van der Waals surface area contributed by atoms with Crippen molar-refractivity contribution in [2.75, 3.05) is 5.32 Å². The molecular weight excluding hydrogens is 414 g/mol. The van der Waals surface area contributed by atoms with Crippen LogP contribution in [-0.4, -0.2) is 16.7 Å². The van der Waals surface area contributed by atoms with E-state index in [9.17, 15) is 9.59 Å². The van der Waals surface area contributed by atoms with E-state index >= 15 is 0 Å². The molecule has 2 N–H and O–H groups in total. The Morgan fingerprint density at radius 1 is 1.03 bits per heavy atom. The van der Waals surface area contributed by atoms with E-state index in [1.54, 1.807) is 12.3 Å². The van der Waals surface area contributed by atoms with Gasteiger partial charge in [0.1, 0.15) is 11.6 Å². The number of nitrogens with zero attached hydrogens (tertiary/aromatic N) is 1. The topological polar surface area (TPSA) is 84.2 Å². The van der Waals surface area contributed by atoms with Gasteiger partial charge >= 0.3 is 0 Å². The molecule has 0 radical (unpaired) electrons. The second-order valence-corrected chi connectivity index (χ2v) is 8.56. The molecular formula is C27H25N3O3. The van der Waals surface area contributed by atoms with E-state index in [0.717, 1.165) is 28.4 Å². The van der Waals surface area contributed by atoms with Crippen LogP contribution in [0.2, 0.25) is 0 Å². The molecule has 3 heterocycles. The number of rotatable bonds is 4. The highest BCUT2D eigenvalue weighted by Crippen LogP contribution is 2.45. The highest BCUT2D eigenvalue weighted by Gasteiger charge is 2.41. The molecule has 1 aromatic carbocycles. The predicted octanol–water partition coefficient (Wildman–Crippen LogP) is 4.98. The normalized spacial score (nSPS) is 20.4. The van der Waals surface area contributed by atoms with Crippen LogP contribution in [0.15, 0.2) is 93.9 Å². The second kappa shape index (κ2) is 8.54. The number of pyridine rings is 1. The number of hydrogen-bond acceptors (Lipinski definition) is 5. The number of amides is 1. The first-order chi connectivity index (χ1) is 16.0. The van der Waals surface area contributed by atoms with Gasteiger partial charge in [-0.05, 0) is 50.1 Å². The summed E-state index contributed by atoms with van der Waals surface area (Å²) < 4.78 is 5.59. The molecule has 3 aromatic rings. The number of Topliss-reactive ketones (excluding diaryl/α,β-unsaturated/α-hetero) is 1. The Balaban J connectivity index is 1.55. The van der Waals surface area contributed by atoms with Crippen LogP contribution in [0, 0.1) is 6.92 Å². The fourth-order valence-corrected chi connectivity index (χ4v) is 4.84. The van der Waals surface area contributed by atoms with Gasteiger partial charge in [0.25, 0.3) is 5.91 Å². The van der Waals surface area contributed by atoms with Crippen LogP contribution in [-0.2, 0) is 9.59 Å². The number of dihydropyridines is 1. The maximum Gasteiger partial charge on any atom is 0.255 e. The third-order valence-electron chi connectivity index (χ3n) is 6.28. The SMILES string of the molecule is CC1=C(C(=O)Nc2cccc(C)n2)[C@H](c2ccccc2)C2=C(C[C@H](c3ccco3)CC2=O)N1. The minimum Gasteiger partial charge on any atom is -0.469 e. The van der Waals surface area contributed by atoms with Crippen LogP contribution in [0.4, 0.5) is 5.82 Å². The number of carbonyl (C=O) groups excluding carboxylic acids is 2.